The SMILES string of the molecule is CCN(CC1CCNCC1)C1CCN(C)C1. The van der Waals surface area contributed by atoms with E-state index in [9.17, 15) is 0 Å². The normalized spacial score (nSPS) is 29.1. The standard InChI is InChI=1S/C13H27N3/c1-3-16(13-6-9-15(2)11-13)10-12-4-7-14-8-5-12/h12-14H,3-11H2,1-2H3. The Bertz CT molecular complexity index is 201. The van der Waals surface area contributed by atoms with Crippen LogP contribution in [0.2, 0.25) is 0 Å². The molecule has 3 heteroatoms. The lowest BCUT2D eigenvalue weighted by molar-refractivity contribution is 0.161. The Morgan fingerprint density at radius 2 is 2.00 bits per heavy atom. The zero-order valence-electron chi connectivity index (χ0n) is 10.9. The Kier molecular flexibility index (Phi) is 4.62. The Morgan fingerprint density at radius 1 is 1.25 bits per heavy atom. The first kappa shape index (κ1) is 12.3. The zero-order valence-corrected chi connectivity index (χ0v) is 10.9. The third-order valence-corrected chi connectivity index (χ3v) is 4.24. The fourth-order valence-corrected chi connectivity index (χ4v) is 3.14. The fourth-order valence-electron chi connectivity index (χ4n) is 3.14. The molecule has 0 aromatic heterocycles. The van der Waals surface area contributed by atoms with Gasteiger partial charge < -0.3 is 10.2 Å². The summed E-state index contributed by atoms with van der Waals surface area (Å²) in [6.45, 7) is 9.89. The lowest BCUT2D eigenvalue weighted by Gasteiger charge is -2.33. The van der Waals surface area contributed by atoms with E-state index in [1.807, 2.05) is 0 Å². The number of hydrogen-bond donors (Lipinski definition) is 1. The summed E-state index contributed by atoms with van der Waals surface area (Å²) in [5, 5.41) is 3.46. The molecule has 0 radical (unpaired) electrons. The largest absolute Gasteiger partial charge is 0.317 e. The number of hydrogen-bond acceptors (Lipinski definition) is 3. The van der Waals surface area contributed by atoms with E-state index in [1.54, 1.807) is 0 Å². The first-order valence-corrected chi connectivity index (χ1v) is 6.93. The van der Waals surface area contributed by atoms with Crippen LogP contribution in [0.15, 0.2) is 0 Å². The molecule has 1 unspecified atom stereocenters. The molecule has 0 saturated carbocycles. The van der Waals surface area contributed by atoms with Gasteiger partial charge >= 0.3 is 0 Å². The van der Waals surface area contributed by atoms with Crippen molar-refractivity contribution in [3.05, 3.63) is 0 Å². The second-order valence-corrected chi connectivity index (χ2v) is 5.49. The first-order valence-electron chi connectivity index (χ1n) is 6.93. The monoisotopic (exact) mass is 225 g/mol. The highest BCUT2D eigenvalue weighted by Gasteiger charge is 2.26. The maximum absolute atomic E-state index is 3.46. The van der Waals surface area contributed by atoms with E-state index in [2.05, 4.69) is 29.1 Å². The molecule has 16 heavy (non-hydrogen) atoms. The number of likely N-dealkylation sites (tertiary alicyclic amines) is 1. The van der Waals surface area contributed by atoms with Gasteiger partial charge in [-0.25, -0.2) is 0 Å². The Morgan fingerprint density at radius 3 is 2.56 bits per heavy atom. The van der Waals surface area contributed by atoms with Crippen LogP contribution in [0.5, 0.6) is 0 Å². The van der Waals surface area contributed by atoms with Crippen molar-refractivity contribution in [2.24, 2.45) is 5.92 Å². The van der Waals surface area contributed by atoms with Crippen molar-refractivity contribution in [1.82, 2.24) is 15.1 Å². The van der Waals surface area contributed by atoms with Crippen molar-refractivity contribution >= 4 is 0 Å². The van der Waals surface area contributed by atoms with E-state index in [4.69, 9.17) is 0 Å². The number of rotatable bonds is 4. The van der Waals surface area contributed by atoms with Gasteiger partial charge in [-0.1, -0.05) is 6.92 Å². The van der Waals surface area contributed by atoms with E-state index in [0.717, 1.165) is 12.0 Å². The highest BCUT2D eigenvalue weighted by atomic mass is 15.2. The summed E-state index contributed by atoms with van der Waals surface area (Å²) >= 11 is 0. The van der Waals surface area contributed by atoms with E-state index < -0.39 is 0 Å². The molecular formula is C13H27N3. The number of nitrogens with zero attached hydrogens (tertiary/aromatic N) is 2. The molecule has 2 heterocycles. The van der Waals surface area contributed by atoms with Gasteiger partial charge in [0.05, 0.1) is 0 Å². The van der Waals surface area contributed by atoms with Crippen LogP contribution < -0.4 is 5.32 Å². The summed E-state index contributed by atoms with van der Waals surface area (Å²) in [7, 11) is 2.25. The third kappa shape index (κ3) is 3.19. The summed E-state index contributed by atoms with van der Waals surface area (Å²) in [6, 6.07) is 0.824. The average molecular weight is 225 g/mol. The van der Waals surface area contributed by atoms with E-state index in [1.165, 1.54) is 58.5 Å². The molecule has 0 aliphatic carbocycles. The van der Waals surface area contributed by atoms with Crippen molar-refractivity contribution in [3.8, 4) is 0 Å². The van der Waals surface area contributed by atoms with Crippen LogP contribution in [0.4, 0.5) is 0 Å². The molecule has 2 aliphatic rings. The van der Waals surface area contributed by atoms with Crippen molar-refractivity contribution in [2.45, 2.75) is 32.2 Å². The quantitative estimate of drug-likeness (QED) is 0.770. The molecule has 0 spiro atoms. The summed E-state index contributed by atoms with van der Waals surface area (Å²) in [6.07, 6.45) is 4.12. The Labute approximate surface area is 100 Å². The molecular weight excluding hydrogens is 198 g/mol. The smallest absolute Gasteiger partial charge is 0.0235 e. The van der Waals surface area contributed by atoms with Gasteiger partial charge in [0, 0.05) is 19.1 Å². The van der Waals surface area contributed by atoms with Crippen molar-refractivity contribution in [3.63, 3.8) is 0 Å². The second kappa shape index (κ2) is 5.99. The van der Waals surface area contributed by atoms with Crippen LogP contribution in [-0.4, -0.2) is 62.2 Å². The molecule has 2 fully saturated rings. The lowest BCUT2D eigenvalue weighted by Crippen LogP contribution is -2.42. The predicted octanol–water partition coefficient (Wildman–Crippen LogP) is 1.01. The zero-order chi connectivity index (χ0) is 11.4. The molecule has 0 aromatic carbocycles. The molecule has 0 bridgehead atoms. The van der Waals surface area contributed by atoms with Crippen LogP contribution in [0.3, 0.4) is 0 Å². The average Bonchev–Trinajstić information content (AvgIpc) is 2.74. The predicted molar refractivity (Wildman–Crippen MR) is 68.7 cm³/mol. The van der Waals surface area contributed by atoms with Crippen LogP contribution in [0.25, 0.3) is 0 Å². The minimum Gasteiger partial charge on any atom is -0.317 e. The minimum atomic E-state index is 0.824. The second-order valence-electron chi connectivity index (χ2n) is 5.49. The molecule has 0 aromatic rings. The van der Waals surface area contributed by atoms with Crippen molar-refractivity contribution in [2.75, 3.05) is 46.3 Å². The number of piperidine rings is 1. The number of nitrogens with one attached hydrogen (secondary N) is 1. The summed E-state index contributed by atoms with van der Waals surface area (Å²) in [4.78, 5) is 5.19. The van der Waals surface area contributed by atoms with E-state index in [-0.39, 0.29) is 0 Å². The molecule has 3 nitrogen and oxygen atoms in total. The summed E-state index contributed by atoms with van der Waals surface area (Å²) < 4.78 is 0. The van der Waals surface area contributed by atoms with Crippen molar-refractivity contribution in [1.29, 1.82) is 0 Å². The van der Waals surface area contributed by atoms with E-state index in [0.29, 0.717) is 0 Å². The Balaban J connectivity index is 1.80. The highest BCUT2D eigenvalue weighted by Crippen LogP contribution is 2.19. The van der Waals surface area contributed by atoms with Crippen LogP contribution in [-0.2, 0) is 0 Å². The van der Waals surface area contributed by atoms with Crippen LogP contribution >= 0.6 is 0 Å². The molecule has 94 valence electrons. The van der Waals surface area contributed by atoms with Gasteiger partial charge in [-0.2, -0.15) is 0 Å². The van der Waals surface area contributed by atoms with Gasteiger partial charge in [0.25, 0.3) is 0 Å². The first-order chi connectivity index (χ1) is 7.79. The van der Waals surface area contributed by atoms with Gasteiger partial charge in [0.2, 0.25) is 0 Å². The third-order valence-electron chi connectivity index (χ3n) is 4.24. The van der Waals surface area contributed by atoms with E-state index >= 15 is 0 Å². The lowest BCUT2D eigenvalue weighted by atomic mass is 9.97. The van der Waals surface area contributed by atoms with Gasteiger partial charge in [0.1, 0.15) is 0 Å². The molecule has 2 saturated heterocycles. The van der Waals surface area contributed by atoms with Crippen LogP contribution in [0, 0.1) is 5.92 Å². The maximum atomic E-state index is 3.46. The Hall–Kier alpha value is -0.120. The summed E-state index contributed by atoms with van der Waals surface area (Å²) in [5.74, 6) is 0.937. The molecule has 2 aliphatic heterocycles. The highest BCUT2D eigenvalue weighted by molar-refractivity contribution is 4.83. The molecule has 0 amide bonds. The number of likely N-dealkylation sites (N-methyl/N-ethyl adjacent to an activating group) is 2. The summed E-state index contributed by atoms with van der Waals surface area (Å²) in [5.41, 5.74) is 0. The van der Waals surface area contributed by atoms with Crippen molar-refractivity contribution < 1.29 is 0 Å². The van der Waals surface area contributed by atoms with Gasteiger partial charge in [-0.05, 0) is 58.4 Å². The van der Waals surface area contributed by atoms with Gasteiger partial charge in [0.15, 0.2) is 0 Å². The van der Waals surface area contributed by atoms with Crippen LogP contribution in [0.1, 0.15) is 26.2 Å². The minimum absolute atomic E-state index is 0.824. The maximum Gasteiger partial charge on any atom is 0.0235 e. The fraction of sp³-hybridized carbons (Fsp3) is 1.00. The molecule has 1 atom stereocenters. The molecule has 2 rings (SSSR count). The topological polar surface area (TPSA) is 18.5 Å². The van der Waals surface area contributed by atoms with Gasteiger partial charge in [-0.15, -0.1) is 0 Å². The molecule has 1 N–H and O–H groups in total. The van der Waals surface area contributed by atoms with Gasteiger partial charge in [-0.3, -0.25) is 4.90 Å².